The molecule has 0 aromatic heterocycles. The Balaban J connectivity index is 2.03. The molecule has 0 radical (unpaired) electrons. The largest absolute Gasteiger partial charge is 0.497 e. The Kier molecular flexibility index (Phi) is 5.41. The molecule has 0 bridgehead atoms. The van der Waals surface area contributed by atoms with Crippen molar-refractivity contribution >= 4 is 10.0 Å². The summed E-state index contributed by atoms with van der Waals surface area (Å²) in [7, 11) is -1.96. The van der Waals surface area contributed by atoms with E-state index in [2.05, 4.69) is 4.72 Å². The highest BCUT2D eigenvalue weighted by Gasteiger charge is 2.13. The van der Waals surface area contributed by atoms with Gasteiger partial charge in [0.25, 0.3) is 0 Å². The van der Waals surface area contributed by atoms with Crippen LogP contribution in [-0.2, 0) is 16.6 Å². The number of methoxy groups -OCH3 is 1. The minimum Gasteiger partial charge on any atom is -0.497 e. The molecular formula is C16H19NO4S. The van der Waals surface area contributed by atoms with Crippen molar-refractivity contribution in [1.82, 2.24) is 4.72 Å². The summed E-state index contributed by atoms with van der Waals surface area (Å²) in [5, 5.41) is 0. The van der Waals surface area contributed by atoms with E-state index in [-0.39, 0.29) is 11.4 Å². The van der Waals surface area contributed by atoms with Crippen LogP contribution in [0.15, 0.2) is 53.4 Å². The minimum atomic E-state index is -3.54. The lowest BCUT2D eigenvalue weighted by molar-refractivity contribution is 0.340. The van der Waals surface area contributed by atoms with Gasteiger partial charge in [0.1, 0.15) is 11.5 Å². The average molecular weight is 321 g/mol. The number of ether oxygens (including phenoxy) is 2. The minimum absolute atomic E-state index is 0.212. The van der Waals surface area contributed by atoms with E-state index in [1.165, 1.54) is 12.1 Å². The molecular weight excluding hydrogens is 302 g/mol. The van der Waals surface area contributed by atoms with Crippen molar-refractivity contribution in [2.45, 2.75) is 18.4 Å². The third kappa shape index (κ3) is 4.22. The summed E-state index contributed by atoms with van der Waals surface area (Å²) in [5.41, 5.74) is 0.857. The predicted octanol–water partition coefficient (Wildman–Crippen LogP) is 2.57. The van der Waals surface area contributed by atoms with Crippen LogP contribution in [0.1, 0.15) is 12.5 Å². The van der Waals surface area contributed by atoms with Gasteiger partial charge in [-0.1, -0.05) is 12.1 Å². The lowest BCUT2D eigenvalue weighted by Gasteiger charge is -2.08. The van der Waals surface area contributed by atoms with Crippen LogP contribution < -0.4 is 14.2 Å². The molecule has 0 atom stereocenters. The summed E-state index contributed by atoms with van der Waals surface area (Å²) in [4.78, 5) is 0.212. The van der Waals surface area contributed by atoms with Gasteiger partial charge in [-0.05, 0) is 48.9 Å². The van der Waals surface area contributed by atoms with E-state index in [1.54, 1.807) is 31.4 Å². The van der Waals surface area contributed by atoms with E-state index in [1.807, 2.05) is 19.1 Å². The Morgan fingerprint density at radius 1 is 0.955 bits per heavy atom. The molecule has 0 spiro atoms. The van der Waals surface area contributed by atoms with Crippen LogP contribution in [0, 0.1) is 0 Å². The normalized spacial score (nSPS) is 11.2. The first-order chi connectivity index (χ1) is 10.5. The van der Waals surface area contributed by atoms with Crippen molar-refractivity contribution in [3.05, 3.63) is 54.1 Å². The molecule has 22 heavy (non-hydrogen) atoms. The van der Waals surface area contributed by atoms with Gasteiger partial charge >= 0.3 is 0 Å². The molecule has 0 heterocycles. The molecule has 0 saturated carbocycles. The summed E-state index contributed by atoms with van der Waals surface area (Å²) in [6.45, 7) is 2.64. The van der Waals surface area contributed by atoms with Gasteiger partial charge in [0.05, 0.1) is 18.6 Å². The molecule has 0 aliphatic heterocycles. The molecule has 0 aliphatic carbocycles. The van der Waals surface area contributed by atoms with Crippen LogP contribution in [0.5, 0.6) is 11.5 Å². The summed E-state index contributed by atoms with van der Waals surface area (Å²) in [6.07, 6.45) is 0. The van der Waals surface area contributed by atoms with Gasteiger partial charge in [0, 0.05) is 6.54 Å². The zero-order valence-electron chi connectivity index (χ0n) is 12.6. The molecule has 5 nitrogen and oxygen atoms in total. The molecule has 2 rings (SSSR count). The van der Waals surface area contributed by atoms with Crippen molar-refractivity contribution in [1.29, 1.82) is 0 Å². The molecule has 0 amide bonds. The van der Waals surface area contributed by atoms with E-state index in [0.717, 1.165) is 11.3 Å². The lowest BCUT2D eigenvalue weighted by atomic mass is 10.2. The fourth-order valence-corrected chi connectivity index (χ4v) is 2.90. The average Bonchev–Trinajstić information content (AvgIpc) is 2.54. The van der Waals surface area contributed by atoms with E-state index in [0.29, 0.717) is 12.4 Å². The summed E-state index contributed by atoms with van der Waals surface area (Å²) >= 11 is 0. The van der Waals surface area contributed by atoms with Gasteiger partial charge in [-0.2, -0.15) is 0 Å². The number of sulfonamides is 1. The van der Waals surface area contributed by atoms with Crippen LogP contribution in [-0.4, -0.2) is 22.1 Å². The Labute approximate surface area is 130 Å². The highest BCUT2D eigenvalue weighted by atomic mass is 32.2. The molecule has 6 heteroatoms. The second-order valence-corrected chi connectivity index (χ2v) is 6.34. The summed E-state index contributed by atoms with van der Waals surface area (Å²) < 4.78 is 37.4. The number of nitrogens with one attached hydrogen (secondary N) is 1. The van der Waals surface area contributed by atoms with Gasteiger partial charge in [0.15, 0.2) is 0 Å². The smallest absolute Gasteiger partial charge is 0.240 e. The first-order valence-corrected chi connectivity index (χ1v) is 8.39. The zero-order chi connectivity index (χ0) is 16.0. The Bertz CT molecular complexity index is 694. The number of rotatable bonds is 7. The standard InChI is InChI=1S/C16H19NO4S/c1-3-21-15-8-10-16(11-9-15)22(18,19)17-12-13-4-6-14(20-2)7-5-13/h4-11,17H,3,12H2,1-2H3. The molecule has 0 unspecified atom stereocenters. The summed E-state index contributed by atoms with van der Waals surface area (Å²) in [6, 6.07) is 13.6. The van der Waals surface area contributed by atoms with Crippen molar-refractivity contribution in [2.24, 2.45) is 0 Å². The summed E-state index contributed by atoms with van der Waals surface area (Å²) in [5.74, 6) is 1.38. The molecule has 0 saturated heterocycles. The Hall–Kier alpha value is -2.05. The second-order valence-electron chi connectivity index (χ2n) is 4.58. The first-order valence-electron chi connectivity index (χ1n) is 6.90. The van der Waals surface area contributed by atoms with Crippen molar-refractivity contribution in [3.63, 3.8) is 0 Å². The van der Waals surface area contributed by atoms with E-state index in [9.17, 15) is 8.42 Å². The van der Waals surface area contributed by atoms with Crippen molar-refractivity contribution in [3.8, 4) is 11.5 Å². The van der Waals surface area contributed by atoms with Gasteiger partial charge in [0.2, 0.25) is 10.0 Å². The lowest BCUT2D eigenvalue weighted by Crippen LogP contribution is -2.23. The van der Waals surface area contributed by atoms with Gasteiger partial charge in [-0.3, -0.25) is 0 Å². The SMILES string of the molecule is CCOc1ccc(S(=O)(=O)NCc2ccc(OC)cc2)cc1. The van der Waals surface area contributed by atoms with E-state index >= 15 is 0 Å². The zero-order valence-corrected chi connectivity index (χ0v) is 13.4. The Morgan fingerprint density at radius 2 is 1.55 bits per heavy atom. The van der Waals surface area contributed by atoms with Crippen molar-refractivity contribution < 1.29 is 17.9 Å². The van der Waals surface area contributed by atoms with E-state index in [4.69, 9.17) is 9.47 Å². The fraction of sp³-hybridized carbons (Fsp3) is 0.250. The van der Waals surface area contributed by atoms with E-state index < -0.39 is 10.0 Å². The monoisotopic (exact) mass is 321 g/mol. The second kappa shape index (κ2) is 7.29. The maximum Gasteiger partial charge on any atom is 0.240 e. The molecule has 2 aromatic rings. The predicted molar refractivity (Wildman–Crippen MR) is 84.6 cm³/mol. The topological polar surface area (TPSA) is 64.6 Å². The van der Waals surface area contributed by atoms with Crippen LogP contribution >= 0.6 is 0 Å². The third-order valence-corrected chi connectivity index (χ3v) is 4.49. The van der Waals surface area contributed by atoms with Crippen LogP contribution in [0.2, 0.25) is 0 Å². The molecule has 0 fully saturated rings. The van der Waals surface area contributed by atoms with Crippen LogP contribution in [0.4, 0.5) is 0 Å². The molecule has 1 N–H and O–H groups in total. The van der Waals surface area contributed by atoms with Gasteiger partial charge in [-0.25, -0.2) is 13.1 Å². The van der Waals surface area contributed by atoms with Gasteiger partial charge < -0.3 is 9.47 Å². The molecule has 0 aliphatic rings. The highest BCUT2D eigenvalue weighted by Crippen LogP contribution is 2.16. The quantitative estimate of drug-likeness (QED) is 0.851. The number of benzene rings is 2. The van der Waals surface area contributed by atoms with Gasteiger partial charge in [-0.15, -0.1) is 0 Å². The maximum atomic E-state index is 12.2. The highest BCUT2D eigenvalue weighted by molar-refractivity contribution is 7.89. The number of hydrogen-bond donors (Lipinski definition) is 1. The number of hydrogen-bond acceptors (Lipinski definition) is 4. The van der Waals surface area contributed by atoms with Crippen molar-refractivity contribution in [2.75, 3.05) is 13.7 Å². The maximum absolute atomic E-state index is 12.2. The Morgan fingerprint density at radius 3 is 2.09 bits per heavy atom. The molecule has 118 valence electrons. The third-order valence-electron chi connectivity index (χ3n) is 3.07. The fourth-order valence-electron chi connectivity index (χ4n) is 1.89. The molecule has 2 aromatic carbocycles. The van der Waals surface area contributed by atoms with Crippen LogP contribution in [0.3, 0.4) is 0 Å². The van der Waals surface area contributed by atoms with Crippen LogP contribution in [0.25, 0.3) is 0 Å². The first kappa shape index (κ1) is 16.3.